The summed E-state index contributed by atoms with van der Waals surface area (Å²) in [6.45, 7) is 0.800. The Morgan fingerprint density at radius 2 is 1.90 bits per heavy atom. The van der Waals surface area contributed by atoms with E-state index in [-0.39, 0.29) is 4.90 Å². The number of hydrogen-bond acceptors (Lipinski definition) is 6. The average Bonchev–Trinajstić information content (AvgIpc) is 3.17. The van der Waals surface area contributed by atoms with Crippen LogP contribution in [-0.2, 0) is 14.8 Å². The van der Waals surface area contributed by atoms with Crippen LogP contribution in [0.25, 0.3) is 11.0 Å². The predicted octanol–water partition coefficient (Wildman–Crippen LogP) is 3.47. The number of nitrogen functional groups attached to an aromatic ring is 1. The first-order valence-corrected chi connectivity index (χ1v) is 11.3. The minimum absolute atomic E-state index is 0.224. The highest BCUT2D eigenvalue weighted by Gasteiger charge is 2.24. The van der Waals surface area contributed by atoms with Gasteiger partial charge in [0, 0.05) is 31.3 Å². The molecule has 3 aromatic rings. The molecular weight excluding hydrogens is 388 g/mol. The SMILES string of the molecule is COCC1CCC(Nc2c(N)cnc3c2ccn3S(=O)(=O)c2ccccc2)CC1. The number of rotatable bonds is 6. The number of pyridine rings is 1. The van der Waals surface area contributed by atoms with E-state index in [1.54, 1.807) is 49.7 Å². The molecule has 0 aliphatic heterocycles. The Hall–Kier alpha value is -2.58. The van der Waals surface area contributed by atoms with Gasteiger partial charge in [0.25, 0.3) is 10.0 Å². The molecule has 0 saturated heterocycles. The molecular formula is C21H26N4O3S. The highest BCUT2D eigenvalue weighted by molar-refractivity contribution is 7.90. The third kappa shape index (κ3) is 3.82. The van der Waals surface area contributed by atoms with Crippen LogP contribution < -0.4 is 11.1 Å². The zero-order chi connectivity index (χ0) is 20.4. The van der Waals surface area contributed by atoms with Crippen molar-refractivity contribution in [3.63, 3.8) is 0 Å². The molecule has 2 heterocycles. The molecule has 0 bridgehead atoms. The number of anilines is 2. The second kappa shape index (κ2) is 8.04. The Morgan fingerprint density at radius 3 is 2.59 bits per heavy atom. The minimum Gasteiger partial charge on any atom is -0.396 e. The molecule has 7 nitrogen and oxygen atoms in total. The van der Waals surface area contributed by atoms with Gasteiger partial charge in [-0.1, -0.05) is 18.2 Å². The fourth-order valence-corrected chi connectivity index (χ4v) is 5.38. The van der Waals surface area contributed by atoms with Gasteiger partial charge in [-0.2, -0.15) is 0 Å². The van der Waals surface area contributed by atoms with Gasteiger partial charge in [-0.05, 0) is 49.8 Å². The Bertz CT molecular complexity index is 1090. The lowest BCUT2D eigenvalue weighted by Gasteiger charge is -2.29. The average molecular weight is 415 g/mol. The summed E-state index contributed by atoms with van der Waals surface area (Å²) in [6, 6.07) is 10.4. The van der Waals surface area contributed by atoms with E-state index < -0.39 is 10.0 Å². The number of hydrogen-bond donors (Lipinski definition) is 2. The molecule has 0 spiro atoms. The number of methoxy groups -OCH3 is 1. The largest absolute Gasteiger partial charge is 0.396 e. The Balaban J connectivity index is 1.64. The van der Waals surface area contributed by atoms with Crippen LogP contribution in [0.15, 0.2) is 53.7 Å². The van der Waals surface area contributed by atoms with Crippen molar-refractivity contribution in [2.75, 3.05) is 24.8 Å². The normalized spacial score (nSPS) is 20.0. The van der Waals surface area contributed by atoms with Gasteiger partial charge in [0.05, 0.1) is 22.5 Å². The van der Waals surface area contributed by atoms with E-state index in [4.69, 9.17) is 10.5 Å². The molecule has 4 rings (SSSR count). The van der Waals surface area contributed by atoms with Crippen molar-refractivity contribution in [2.45, 2.75) is 36.6 Å². The topological polar surface area (TPSA) is 99.2 Å². The summed E-state index contributed by atoms with van der Waals surface area (Å²) in [5.74, 6) is 0.602. The molecule has 0 atom stereocenters. The highest BCUT2D eigenvalue weighted by atomic mass is 32.2. The third-order valence-corrected chi connectivity index (χ3v) is 7.29. The molecule has 3 N–H and O–H groups in total. The summed E-state index contributed by atoms with van der Waals surface area (Å²) in [6.07, 6.45) is 7.32. The van der Waals surface area contributed by atoms with Crippen molar-refractivity contribution in [3.8, 4) is 0 Å². The Labute approximate surface area is 170 Å². The summed E-state index contributed by atoms with van der Waals surface area (Å²) >= 11 is 0. The van der Waals surface area contributed by atoms with Crippen molar-refractivity contribution in [3.05, 3.63) is 48.8 Å². The quantitative estimate of drug-likeness (QED) is 0.641. The summed E-state index contributed by atoms with van der Waals surface area (Å²) in [7, 11) is -1.98. The number of nitrogens with zero attached hydrogens (tertiary/aromatic N) is 2. The van der Waals surface area contributed by atoms with Gasteiger partial charge in [-0.3, -0.25) is 0 Å². The van der Waals surface area contributed by atoms with E-state index in [1.807, 2.05) is 0 Å². The van der Waals surface area contributed by atoms with Crippen molar-refractivity contribution in [1.29, 1.82) is 0 Å². The molecule has 0 unspecified atom stereocenters. The second-order valence-electron chi connectivity index (χ2n) is 7.57. The monoisotopic (exact) mass is 414 g/mol. The number of aromatic nitrogens is 2. The van der Waals surface area contributed by atoms with Crippen molar-refractivity contribution in [1.82, 2.24) is 8.96 Å². The Kier molecular flexibility index (Phi) is 5.47. The molecule has 1 fully saturated rings. The number of nitrogens with one attached hydrogen (secondary N) is 1. The number of ether oxygens (including phenoxy) is 1. The summed E-state index contributed by atoms with van der Waals surface area (Å²) in [5, 5.41) is 4.26. The van der Waals surface area contributed by atoms with Crippen LogP contribution in [0.1, 0.15) is 25.7 Å². The molecule has 1 saturated carbocycles. The molecule has 2 aromatic heterocycles. The van der Waals surface area contributed by atoms with E-state index in [1.165, 1.54) is 10.2 Å². The van der Waals surface area contributed by atoms with Crippen LogP contribution in [-0.4, -0.2) is 37.1 Å². The standard InChI is InChI=1S/C21H26N4O3S/c1-28-14-15-7-9-16(10-8-15)24-20-18-11-12-25(21(18)23-13-19(20)22)29(26,27)17-5-3-2-4-6-17/h2-6,11-13,15-16H,7-10,14,22H2,1H3,(H,23,24). The first kappa shape index (κ1) is 19.7. The van der Waals surface area contributed by atoms with Crippen LogP contribution in [0.3, 0.4) is 0 Å². The molecule has 0 radical (unpaired) electrons. The molecule has 154 valence electrons. The predicted molar refractivity (Wildman–Crippen MR) is 114 cm³/mol. The minimum atomic E-state index is -3.73. The van der Waals surface area contributed by atoms with Crippen LogP contribution in [0.5, 0.6) is 0 Å². The number of fused-ring (bicyclic) bond motifs is 1. The first-order chi connectivity index (χ1) is 14.0. The summed E-state index contributed by atoms with van der Waals surface area (Å²) < 4.78 is 32.6. The third-order valence-electron chi connectivity index (χ3n) is 5.61. The zero-order valence-electron chi connectivity index (χ0n) is 16.4. The van der Waals surface area contributed by atoms with Crippen molar-refractivity contribution < 1.29 is 13.2 Å². The summed E-state index contributed by atoms with van der Waals surface area (Å²) in [5.41, 5.74) is 7.85. The smallest absolute Gasteiger partial charge is 0.269 e. The molecule has 8 heteroatoms. The van der Waals surface area contributed by atoms with Crippen molar-refractivity contribution >= 4 is 32.4 Å². The number of benzene rings is 1. The van der Waals surface area contributed by atoms with E-state index in [2.05, 4.69) is 10.3 Å². The van der Waals surface area contributed by atoms with Crippen LogP contribution in [0.4, 0.5) is 11.4 Å². The van der Waals surface area contributed by atoms with Crippen LogP contribution in [0.2, 0.25) is 0 Å². The summed E-state index contributed by atoms with van der Waals surface area (Å²) in [4.78, 5) is 4.55. The van der Waals surface area contributed by atoms with Gasteiger partial charge in [0.2, 0.25) is 0 Å². The highest BCUT2D eigenvalue weighted by Crippen LogP contribution is 2.34. The molecule has 29 heavy (non-hydrogen) atoms. The lowest BCUT2D eigenvalue weighted by molar-refractivity contribution is 0.129. The molecule has 1 aliphatic carbocycles. The fourth-order valence-electron chi connectivity index (χ4n) is 4.05. The maximum Gasteiger partial charge on any atom is 0.269 e. The zero-order valence-corrected chi connectivity index (χ0v) is 17.2. The van der Waals surface area contributed by atoms with E-state index in [9.17, 15) is 8.42 Å². The van der Waals surface area contributed by atoms with Crippen LogP contribution in [0, 0.1) is 5.92 Å². The molecule has 1 aromatic carbocycles. The lowest BCUT2D eigenvalue weighted by Crippen LogP contribution is -2.28. The molecule has 0 amide bonds. The fraction of sp³-hybridized carbons (Fsp3) is 0.381. The van der Waals surface area contributed by atoms with Crippen LogP contribution >= 0.6 is 0 Å². The molecule has 1 aliphatic rings. The van der Waals surface area contributed by atoms with Gasteiger partial charge in [0.15, 0.2) is 5.65 Å². The van der Waals surface area contributed by atoms with E-state index >= 15 is 0 Å². The lowest BCUT2D eigenvalue weighted by atomic mass is 9.86. The Morgan fingerprint density at radius 1 is 1.17 bits per heavy atom. The van der Waals surface area contributed by atoms with Crippen molar-refractivity contribution in [2.24, 2.45) is 5.92 Å². The second-order valence-corrected chi connectivity index (χ2v) is 9.39. The van der Waals surface area contributed by atoms with Gasteiger partial charge in [-0.25, -0.2) is 17.4 Å². The van der Waals surface area contributed by atoms with Gasteiger partial charge < -0.3 is 15.8 Å². The van der Waals surface area contributed by atoms with Gasteiger partial charge >= 0.3 is 0 Å². The maximum absolute atomic E-state index is 13.1. The van der Waals surface area contributed by atoms with E-state index in [0.29, 0.717) is 28.7 Å². The van der Waals surface area contributed by atoms with Gasteiger partial charge in [0.1, 0.15) is 0 Å². The van der Waals surface area contributed by atoms with E-state index in [0.717, 1.165) is 38.0 Å². The number of nitrogens with two attached hydrogens (primary N) is 1. The van der Waals surface area contributed by atoms with Gasteiger partial charge in [-0.15, -0.1) is 0 Å². The first-order valence-electron chi connectivity index (χ1n) is 9.82. The maximum atomic E-state index is 13.1.